The van der Waals surface area contributed by atoms with Gasteiger partial charge in [0.25, 0.3) is 0 Å². The molecule has 3 fully saturated rings. The summed E-state index contributed by atoms with van der Waals surface area (Å²) in [5.74, 6) is 0.930. The van der Waals surface area contributed by atoms with Gasteiger partial charge in [0.2, 0.25) is 0 Å². The molecule has 0 aromatic heterocycles. The monoisotopic (exact) mass is 236 g/mol. The molecule has 0 spiro atoms. The molecule has 3 aliphatic rings. The van der Waals surface area contributed by atoms with Crippen LogP contribution in [0.25, 0.3) is 0 Å². The Morgan fingerprint density at radius 1 is 1.18 bits per heavy atom. The van der Waals surface area contributed by atoms with Crippen LogP contribution in [0.1, 0.15) is 52.4 Å². The first kappa shape index (κ1) is 12.0. The average molecular weight is 236 g/mol. The number of rotatable bonds is 4. The van der Waals surface area contributed by atoms with E-state index < -0.39 is 0 Å². The summed E-state index contributed by atoms with van der Waals surface area (Å²) in [6.07, 6.45) is 8.57. The molecule has 1 N–H and O–H groups in total. The zero-order valence-electron chi connectivity index (χ0n) is 11.5. The highest BCUT2D eigenvalue weighted by molar-refractivity contribution is 4.92. The highest BCUT2D eigenvalue weighted by Crippen LogP contribution is 2.40. The molecule has 0 aromatic rings. The molecule has 2 saturated carbocycles. The van der Waals surface area contributed by atoms with Gasteiger partial charge >= 0.3 is 0 Å². The van der Waals surface area contributed by atoms with E-state index in [9.17, 15) is 0 Å². The van der Waals surface area contributed by atoms with Crippen LogP contribution in [0.2, 0.25) is 0 Å². The van der Waals surface area contributed by atoms with E-state index in [2.05, 4.69) is 24.1 Å². The Kier molecular flexibility index (Phi) is 3.20. The van der Waals surface area contributed by atoms with E-state index in [0.29, 0.717) is 5.41 Å². The first-order chi connectivity index (χ1) is 8.12. The van der Waals surface area contributed by atoms with Gasteiger partial charge in [-0.15, -0.1) is 0 Å². The smallest absolute Gasteiger partial charge is 0.0101 e. The zero-order valence-corrected chi connectivity index (χ0v) is 11.5. The van der Waals surface area contributed by atoms with Gasteiger partial charge in [0.15, 0.2) is 0 Å². The van der Waals surface area contributed by atoms with Crippen molar-refractivity contribution in [1.82, 2.24) is 10.2 Å². The quantitative estimate of drug-likeness (QED) is 0.807. The summed E-state index contributed by atoms with van der Waals surface area (Å²) in [4.78, 5) is 2.79. The lowest BCUT2D eigenvalue weighted by atomic mass is 9.91. The molecule has 2 atom stereocenters. The maximum absolute atomic E-state index is 3.70. The fraction of sp³-hybridized carbons (Fsp3) is 1.00. The predicted octanol–water partition coefficient (Wildman–Crippen LogP) is 2.64. The molecular weight excluding hydrogens is 208 g/mol. The summed E-state index contributed by atoms with van der Waals surface area (Å²) >= 11 is 0. The SMILES string of the molecule is CC1(C)CCC(N2CCC(CNC3CC3)C2)C1. The Hall–Kier alpha value is -0.0800. The summed E-state index contributed by atoms with van der Waals surface area (Å²) < 4.78 is 0. The number of hydrogen-bond donors (Lipinski definition) is 1. The standard InChI is InChI=1S/C15H28N2/c1-15(2)7-5-14(9-15)17-8-6-12(11-17)10-16-13-3-4-13/h12-14,16H,3-11H2,1-2H3. The van der Waals surface area contributed by atoms with Crippen molar-refractivity contribution in [3.63, 3.8) is 0 Å². The van der Waals surface area contributed by atoms with Crippen LogP contribution in [-0.4, -0.2) is 36.6 Å². The number of hydrogen-bond acceptors (Lipinski definition) is 2. The molecular formula is C15H28N2. The predicted molar refractivity (Wildman–Crippen MR) is 72.1 cm³/mol. The van der Waals surface area contributed by atoms with Crippen LogP contribution < -0.4 is 5.32 Å². The average Bonchev–Trinajstić information content (AvgIpc) is 2.86. The van der Waals surface area contributed by atoms with Gasteiger partial charge in [-0.05, 0) is 62.9 Å². The van der Waals surface area contributed by atoms with Crippen LogP contribution >= 0.6 is 0 Å². The van der Waals surface area contributed by atoms with Crippen LogP contribution in [0.15, 0.2) is 0 Å². The molecule has 3 rings (SSSR count). The van der Waals surface area contributed by atoms with E-state index in [1.165, 1.54) is 58.2 Å². The van der Waals surface area contributed by atoms with E-state index in [-0.39, 0.29) is 0 Å². The molecule has 0 bridgehead atoms. The molecule has 17 heavy (non-hydrogen) atoms. The van der Waals surface area contributed by atoms with Gasteiger partial charge < -0.3 is 10.2 Å². The molecule has 2 heteroatoms. The summed E-state index contributed by atoms with van der Waals surface area (Å²) in [7, 11) is 0. The highest BCUT2D eigenvalue weighted by atomic mass is 15.2. The third-order valence-electron chi connectivity index (χ3n) is 5.05. The van der Waals surface area contributed by atoms with E-state index in [0.717, 1.165) is 18.0 Å². The van der Waals surface area contributed by atoms with Crippen molar-refractivity contribution >= 4 is 0 Å². The van der Waals surface area contributed by atoms with Gasteiger partial charge in [0.05, 0.1) is 0 Å². The fourth-order valence-corrected chi connectivity index (χ4v) is 3.69. The van der Waals surface area contributed by atoms with Crippen LogP contribution in [0, 0.1) is 11.3 Å². The van der Waals surface area contributed by atoms with Gasteiger partial charge in [-0.3, -0.25) is 0 Å². The normalized spacial score (nSPS) is 37.8. The number of likely N-dealkylation sites (tertiary alicyclic amines) is 1. The molecule has 2 unspecified atom stereocenters. The van der Waals surface area contributed by atoms with Gasteiger partial charge in [0, 0.05) is 18.6 Å². The van der Waals surface area contributed by atoms with Crippen LogP contribution in [0.3, 0.4) is 0 Å². The molecule has 98 valence electrons. The third kappa shape index (κ3) is 3.03. The maximum Gasteiger partial charge on any atom is 0.0101 e. The highest BCUT2D eigenvalue weighted by Gasteiger charge is 2.37. The van der Waals surface area contributed by atoms with Gasteiger partial charge in [-0.1, -0.05) is 13.8 Å². The topological polar surface area (TPSA) is 15.3 Å². The Labute approximate surface area is 106 Å². The van der Waals surface area contributed by atoms with Crippen LogP contribution in [0.5, 0.6) is 0 Å². The van der Waals surface area contributed by atoms with Gasteiger partial charge in [0.1, 0.15) is 0 Å². The summed E-state index contributed by atoms with van der Waals surface area (Å²) in [6, 6.07) is 1.78. The maximum atomic E-state index is 3.70. The third-order valence-corrected chi connectivity index (χ3v) is 5.05. The van der Waals surface area contributed by atoms with Crippen molar-refractivity contribution in [3.8, 4) is 0 Å². The molecule has 0 radical (unpaired) electrons. The second kappa shape index (κ2) is 4.55. The molecule has 1 aliphatic heterocycles. The Morgan fingerprint density at radius 3 is 2.65 bits per heavy atom. The molecule has 1 heterocycles. The van der Waals surface area contributed by atoms with Crippen LogP contribution in [-0.2, 0) is 0 Å². The fourth-order valence-electron chi connectivity index (χ4n) is 3.69. The van der Waals surface area contributed by atoms with E-state index in [4.69, 9.17) is 0 Å². The lowest BCUT2D eigenvalue weighted by Crippen LogP contribution is -2.33. The summed E-state index contributed by atoms with van der Waals surface area (Å²) in [5, 5.41) is 3.70. The molecule has 2 nitrogen and oxygen atoms in total. The van der Waals surface area contributed by atoms with Gasteiger partial charge in [-0.2, -0.15) is 0 Å². The van der Waals surface area contributed by atoms with Gasteiger partial charge in [-0.25, -0.2) is 0 Å². The molecule has 0 amide bonds. The summed E-state index contributed by atoms with van der Waals surface area (Å²) in [5.41, 5.74) is 0.606. The van der Waals surface area contributed by atoms with E-state index >= 15 is 0 Å². The van der Waals surface area contributed by atoms with Crippen molar-refractivity contribution in [1.29, 1.82) is 0 Å². The Balaban J connectivity index is 1.43. The number of nitrogens with one attached hydrogen (secondary N) is 1. The van der Waals surface area contributed by atoms with E-state index in [1.807, 2.05) is 0 Å². The van der Waals surface area contributed by atoms with Crippen LogP contribution in [0.4, 0.5) is 0 Å². The van der Waals surface area contributed by atoms with Crippen molar-refractivity contribution in [2.24, 2.45) is 11.3 Å². The lowest BCUT2D eigenvalue weighted by Gasteiger charge is -2.25. The van der Waals surface area contributed by atoms with Crippen molar-refractivity contribution in [2.75, 3.05) is 19.6 Å². The lowest BCUT2D eigenvalue weighted by molar-refractivity contribution is 0.219. The van der Waals surface area contributed by atoms with Crippen molar-refractivity contribution in [3.05, 3.63) is 0 Å². The van der Waals surface area contributed by atoms with Crippen molar-refractivity contribution in [2.45, 2.75) is 64.5 Å². The minimum atomic E-state index is 0.606. The van der Waals surface area contributed by atoms with E-state index in [1.54, 1.807) is 0 Å². The molecule has 2 aliphatic carbocycles. The summed E-state index contributed by atoms with van der Waals surface area (Å²) in [6.45, 7) is 8.87. The minimum absolute atomic E-state index is 0.606. The second-order valence-electron chi connectivity index (χ2n) is 7.39. The molecule has 1 saturated heterocycles. The molecule has 0 aromatic carbocycles. The first-order valence-corrected chi connectivity index (χ1v) is 7.60. The van der Waals surface area contributed by atoms with Crippen molar-refractivity contribution < 1.29 is 0 Å². The Morgan fingerprint density at radius 2 is 2.00 bits per heavy atom. The minimum Gasteiger partial charge on any atom is -0.314 e. The number of nitrogens with zero attached hydrogens (tertiary/aromatic N) is 1. The zero-order chi connectivity index (χ0) is 11.9. The second-order valence-corrected chi connectivity index (χ2v) is 7.39. The largest absolute Gasteiger partial charge is 0.314 e. The Bertz CT molecular complexity index is 270. The first-order valence-electron chi connectivity index (χ1n) is 7.60.